The molecule has 3 rings (SSSR count). The topological polar surface area (TPSA) is 59.5 Å². The van der Waals surface area contributed by atoms with Crippen LogP contribution in [0.1, 0.15) is 33.1 Å². The van der Waals surface area contributed by atoms with E-state index in [1.807, 2.05) is 13.8 Å². The van der Waals surface area contributed by atoms with Gasteiger partial charge < -0.3 is 14.8 Å². The lowest BCUT2D eigenvalue weighted by atomic mass is 10.0. The van der Waals surface area contributed by atoms with Gasteiger partial charge in [-0.1, -0.05) is 0 Å². The Morgan fingerprint density at radius 1 is 1.23 bits per heavy atom. The van der Waals surface area contributed by atoms with E-state index in [1.165, 1.54) is 6.42 Å². The summed E-state index contributed by atoms with van der Waals surface area (Å²) in [5.41, 5.74) is 0. The molecule has 0 aliphatic carbocycles. The van der Waals surface area contributed by atoms with Gasteiger partial charge in [0.1, 0.15) is 0 Å². The Balaban J connectivity index is 1.54. The molecule has 1 N–H and O–H groups in total. The van der Waals surface area contributed by atoms with Crippen LogP contribution in [0, 0.1) is 0 Å². The Hall–Kier alpha value is -1.40. The summed E-state index contributed by atoms with van der Waals surface area (Å²) in [6, 6.07) is 1.06. The minimum atomic E-state index is 0.0986. The second-order valence-corrected chi connectivity index (χ2v) is 6.35. The molecule has 122 valence electrons. The lowest BCUT2D eigenvalue weighted by Gasteiger charge is -2.35. The number of hydrogen-bond acceptors (Lipinski definition) is 6. The molecule has 0 bridgehead atoms. The number of ether oxygens (including phenoxy) is 2. The van der Waals surface area contributed by atoms with Crippen molar-refractivity contribution in [3.05, 3.63) is 12.4 Å². The van der Waals surface area contributed by atoms with Gasteiger partial charge in [0.25, 0.3) is 5.88 Å². The monoisotopic (exact) mass is 306 g/mol. The molecule has 3 heterocycles. The van der Waals surface area contributed by atoms with E-state index in [-0.39, 0.29) is 6.10 Å². The van der Waals surface area contributed by atoms with Crippen LogP contribution in [0.2, 0.25) is 0 Å². The first kappa shape index (κ1) is 15.5. The second kappa shape index (κ2) is 7.24. The van der Waals surface area contributed by atoms with Gasteiger partial charge in [0.15, 0.2) is 5.82 Å². The highest BCUT2D eigenvalue weighted by molar-refractivity contribution is 5.45. The van der Waals surface area contributed by atoms with Gasteiger partial charge in [0.2, 0.25) is 0 Å². The minimum absolute atomic E-state index is 0.0986. The van der Waals surface area contributed by atoms with E-state index in [4.69, 9.17) is 9.47 Å². The molecule has 2 fully saturated rings. The normalized spacial score (nSPS) is 23.9. The Morgan fingerprint density at radius 2 is 2.00 bits per heavy atom. The van der Waals surface area contributed by atoms with Crippen molar-refractivity contribution in [2.24, 2.45) is 0 Å². The van der Waals surface area contributed by atoms with Crippen molar-refractivity contribution in [1.29, 1.82) is 0 Å². The van der Waals surface area contributed by atoms with Crippen molar-refractivity contribution in [1.82, 2.24) is 14.9 Å². The van der Waals surface area contributed by atoms with Gasteiger partial charge in [0.05, 0.1) is 12.7 Å². The molecule has 6 nitrogen and oxygen atoms in total. The van der Waals surface area contributed by atoms with Gasteiger partial charge in [0, 0.05) is 44.2 Å². The average molecular weight is 306 g/mol. The highest BCUT2D eigenvalue weighted by Crippen LogP contribution is 2.24. The van der Waals surface area contributed by atoms with Crippen molar-refractivity contribution >= 4 is 5.82 Å². The highest BCUT2D eigenvalue weighted by Gasteiger charge is 2.28. The third-order valence-corrected chi connectivity index (χ3v) is 4.30. The van der Waals surface area contributed by atoms with E-state index < -0.39 is 0 Å². The van der Waals surface area contributed by atoms with E-state index in [0.29, 0.717) is 18.0 Å². The van der Waals surface area contributed by atoms with E-state index in [0.717, 1.165) is 45.0 Å². The van der Waals surface area contributed by atoms with Gasteiger partial charge in [-0.25, -0.2) is 9.97 Å². The molecule has 1 unspecified atom stereocenters. The second-order valence-electron chi connectivity index (χ2n) is 6.35. The standard InChI is InChI=1S/C16H26N4O2/c1-12(2)22-16-15(17-6-7-18-16)19-13-3-8-20(9-4-13)14-5-10-21-11-14/h6-7,12-14H,3-5,8-11H2,1-2H3,(H,17,19). The molecule has 6 heteroatoms. The first-order valence-corrected chi connectivity index (χ1v) is 8.28. The van der Waals surface area contributed by atoms with Crippen LogP contribution in [0.15, 0.2) is 12.4 Å². The molecule has 0 radical (unpaired) electrons. The quantitative estimate of drug-likeness (QED) is 0.897. The third-order valence-electron chi connectivity index (χ3n) is 4.30. The van der Waals surface area contributed by atoms with Crippen molar-refractivity contribution in [3.63, 3.8) is 0 Å². The predicted octanol–water partition coefficient (Wildman–Crippen LogP) is 1.93. The van der Waals surface area contributed by atoms with Gasteiger partial charge >= 0.3 is 0 Å². The molecule has 2 aliphatic rings. The van der Waals surface area contributed by atoms with Crippen molar-refractivity contribution in [2.45, 2.75) is 51.3 Å². The van der Waals surface area contributed by atoms with E-state index in [9.17, 15) is 0 Å². The number of anilines is 1. The Bertz CT molecular complexity index is 469. The predicted molar refractivity (Wildman–Crippen MR) is 85.2 cm³/mol. The Labute approximate surface area is 132 Å². The minimum Gasteiger partial charge on any atom is -0.472 e. The first-order chi connectivity index (χ1) is 10.7. The van der Waals surface area contributed by atoms with Crippen LogP contribution in [0.4, 0.5) is 5.82 Å². The lowest BCUT2D eigenvalue weighted by molar-refractivity contribution is 0.124. The third kappa shape index (κ3) is 3.87. The fourth-order valence-corrected chi connectivity index (χ4v) is 3.15. The van der Waals surface area contributed by atoms with E-state index in [2.05, 4.69) is 20.2 Å². The molecule has 2 aliphatic heterocycles. The number of likely N-dealkylation sites (tertiary alicyclic amines) is 1. The van der Waals surface area contributed by atoms with Crippen LogP contribution in [-0.4, -0.2) is 59.4 Å². The number of piperidine rings is 1. The zero-order valence-corrected chi connectivity index (χ0v) is 13.5. The number of aromatic nitrogens is 2. The van der Waals surface area contributed by atoms with Crippen molar-refractivity contribution in [2.75, 3.05) is 31.6 Å². The van der Waals surface area contributed by atoms with Crippen molar-refractivity contribution in [3.8, 4) is 5.88 Å². The summed E-state index contributed by atoms with van der Waals surface area (Å²) >= 11 is 0. The van der Waals surface area contributed by atoms with Gasteiger partial charge in [-0.15, -0.1) is 0 Å². The van der Waals surface area contributed by atoms with E-state index in [1.54, 1.807) is 12.4 Å². The molecule has 1 atom stereocenters. The van der Waals surface area contributed by atoms with Crippen molar-refractivity contribution < 1.29 is 9.47 Å². The van der Waals surface area contributed by atoms with Gasteiger partial charge in [-0.3, -0.25) is 4.90 Å². The molecule has 1 aromatic heterocycles. The van der Waals surface area contributed by atoms with Crippen LogP contribution in [0.25, 0.3) is 0 Å². The van der Waals surface area contributed by atoms with Crippen LogP contribution in [0.5, 0.6) is 5.88 Å². The summed E-state index contributed by atoms with van der Waals surface area (Å²) in [5.74, 6) is 1.36. The zero-order chi connectivity index (χ0) is 15.4. The summed E-state index contributed by atoms with van der Waals surface area (Å²) in [5, 5.41) is 3.51. The highest BCUT2D eigenvalue weighted by atomic mass is 16.5. The fraction of sp³-hybridized carbons (Fsp3) is 0.750. The number of hydrogen-bond donors (Lipinski definition) is 1. The molecule has 22 heavy (non-hydrogen) atoms. The zero-order valence-electron chi connectivity index (χ0n) is 13.5. The first-order valence-electron chi connectivity index (χ1n) is 8.28. The molecular formula is C16H26N4O2. The number of nitrogens with one attached hydrogen (secondary N) is 1. The SMILES string of the molecule is CC(C)Oc1nccnc1NC1CCN(C2CCOC2)CC1. The maximum absolute atomic E-state index is 5.73. The van der Waals surface area contributed by atoms with Gasteiger partial charge in [-0.05, 0) is 33.1 Å². The summed E-state index contributed by atoms with van der Waals surface area (Å²) in [4.78, 5) is 11.2. The summed E-state index contributed by atoms with van der Waals surface area (Å²) in [6.45, 7) is 8.05. The molecule has 1 aromatic rings. The van der Waals surface area contributed by atoms with Gasteiger partial charge in [-0.2, -0.15) is 0 Å². The summed E-state index contributed by atoms with van der Waals surface area (Å²) in [6.07, 6.45) is 6.89. The van der Waals surface area contributed by atoms with Crippen LogP contribution < -0.4 is 10.1 Å². The maximum Gasteiger partial charge on any atom is 0.257 e. The van der Waals surface area contributed by atoms with Crippen LogP contribution >= 0.6 is 0 Å². The largest absolute Gasteiger partial charge is 0.472 e. The molecule has 2 saturated heterocycles. The number of nitrogens with zero attached hydrogens (tertiary/aromatic N) is 3. The summed E-state index contributed by atoms with van der Waals surface area (Å²) in [7, 11) is 0. The Morgan fingerprint density at radius 3 is 2.68 bits per heavy atom. The fourth-order valence-electron chi connectivity index (χ4n) is 3.15. The van der Waals surface area contributed by atoms with Crippen LogP contribution in [-0.2, 0) is 4.74 Å². The molecule has 0 saturated carbocycles. The number of rotatable bonds is 5. The Kier molecular flexibility index (Phi) is 5.10. The molecule has 0 aromatic carbocycles. The maximum atomic E-state index is 5.73. The average Bonchev–Trinajstić information content (AvgIpc) is 3.04. The van der Waals surface area contributed by atoms with Crippen LogP contribution in [0.3, 0.4) is 0 Å². The molecular weight excluding hydrogens is 280 g/mol. The van der Waals surface area contributed by atoms with E-state index >= 15 is 0 Å². The lowest BCUT2D eigenvalue weighted by Crippen LogP contribution is -2.45. The molecule has 0 amide bonds. The smallest absolute Gasteiger partial charge is 0.257 e. The summed E-state index contributed by atoms with van der Waals surface area (Å²) < 4.78 is 11.2. The molecule has 0 spiro atoms.